The van der Waals surface area contributed by atoms with Crippen molar-refractivity contribution < 1.29 is 14.4 Å². The van der Waals surface area contributed by atoms with Crippen LogP contribution in [-0.2, 0) is 9.59 Å². The maximum atomic E-state index is 11.2. The third-order valence-corrected chi connectivity index (χ3v) is 1.91. The summed E-state index contributed by atoms with van der Waals surface area (Å²) < 4.78 is 0. The zero-order chi connectivity index (χ0) is 10.1. The van der Waals surface area contributed by atoms with Gasteiger partial charge in [0.15, 0.2) is 5.54 Å². The SMILES string of the molecule is CCCC1(N)C(=O)NC(=O)NC1=O. The molecule has 0 aromatic heterocycles. The average molecular weight is 185 g/mol. The lowest BCUT2D eigenvalue weighted by molar-refractivity contribution is -0.138. The van der Waals surface area contributed by atoms with Crippen molar-refractivity contribution in [1.29, 1.82) is 0 Å². The molecule has 0 radical (unpaired) electrons. The lowest BCUT2D eigenvalue weighted by Crippen LogP contribution is -2.70. The quantitative estimate of drug-likeness (QED) is 0.473. The number of hydrogen-bond donors (Lipinski definition) is 3. The van der Waals surface area contributed by atoms with Gasteiger partial charge in [-0.25, -0.2) is 4.79 Å². The first kappa shape index (κ1) is 9.66. The molecule has 0 saturated carbocycles. The fraction of sp³-hybridized carbons (Fsp3) is 0.571. The first-order valence-electron chi connectivity index (χ1n) is 3.96. The first-order chi connectivity index (χ1) is 6.00. The van der Waals surface area contributed by atoms with Crippen LogP contribution < -0.4 is 16.4 Å². The van der Waals surface area contributed by atoms with Crippen LogP contribution in [0.4, 0.5) is 4.79 Å². The van der Waals surface area contributed by atoms with E-state index in [1.165, 1.54) is 0 Å². The van der Waals surface area contributed by atoms with Crippen molar-refractivity contribution >= 4 is 17.8 Å². The highest BCUT2D eigenvalue weighted by atomic mass is 16.2. The van der Waals surface area contributed by atoms with Gasteiger partial charge in [-0.1, -0.05) is 13.3 Å². The van der Waals surface area contributed by atoms with Crippen molar-refractivity contribution in [3.05, 3.63) is 0 Å². The van der Waals surface area contributed by atoms with Crippen LogP contribution in [-0.4, -0.2) is 23.4 Å². The lowest BCUT2D eigenvalue weighted by atomic mass is 9.91. The predicted octanol–water partition coefficient (Wildman–Crippen LogP) is -1.15. The van der Waals surface area contributed by atoms with Gasteiger partial charge in [0.2, 0.25) is 0 Å². The molecule has 4 amide bonds. The Bertz CT molecular complexity index is 254. The van der Waals surface area contributed by atoms with Crippen LogP contribution in [0.1, 0.15) is 19.8 Å². The van der Waals surface area contributed by atoms with Crippen LogP contribution in [0.25, 0.3) is 0 Å². The van der Waals surface area contributed by atoms with Crippen LogP contribution in [0.3, 0.4) is 0 Å². The van der Waals surface area contributed by atoms with Crippen molar-refractivity contribution in [3.8, 4) is 0 Å². The van der Waals surface area contributed by atoms with Crippen molar-refractivity contribution in [3.63, 3.8) is 0 Å². The second-order valence-corrected chi connectivity index (χ2v) is 2.96. The fourth-order valence-electron chi connectivity index (χ4n) is 1.19. The molecule has 4 N–H and O–H groups in total. The van der Waals surface area contributed by atoms with E-state index in [4.69, 9.17) is 5.73 Å². The number of urea groups is 1. The average Bonchev–Trinajstić information content (AvgIpc) is 2.01. The van der Waals surface area contributed by atoms with E-state index >= 15 is 0 Å². The maximum Gasteiger partial charge on any atom is 0.328 e. The summed E-state index contributed by atoms with van der Waals surface area (Å²) >= 11 is 0. The Morgan fingerprint density at radius 1 is 1.23 bits per heavy atom. The van der Waals surface area contributed by atoms with E-state index in [0.29, 0.717) is 6.42 Å². The van der Waals surface area contributed by atoms with E-state index in [1.54, 1.807) is 6.92 Å². The van der Waals surface area contributed by atoms with E-state index in [1.807, 2.05) is 10.6 Å². The topological polar surface area (TPSA) is 101 Å². The molecule has 0 bridgehead atoms. The van der Waals surface area contributed by atoms with Gasteiger partial charge in [-0.15, -0.1) is 0 Å². The third-order valence-electron chi connectivity index (χ3n) is 1.91. The summed E-state index contributed by atoms with van der Waals surface area (Å²) in [5.41, 5.74) is 3.95. The molecule has 0 aliphatic carbocycles. The number of nitrogens with two attached hydrogens (primary N) is 1. The minimum absolute atomic E-state index is 0.220. The van der Waals surface area contributed by atoms with Gasteiger partial charge < -0.3 is 5.73 Å². The van der Waals surface area contributed by atoms with Crippen LogP contribution in [0.15, 0.2) is 0 Å². The Balaban J connectivity index is 2.89. The molecule has 1 rings (SSSR count). The van der Waals surface area contributed by atoms with Crippen LogP contribution in [0, 0.1) is 0 Å². The van der Waals surface area contributed by atoms with E-state index in [2.05, 4.69) is 0 Å². The van der Waals surface area contributed by atoms with Gasteiger partial charge in [0.05, 0.1) is 0 Å². The Hall–Kier alpha value is -1.43. The smallest absolute Gasteiger partial charge is 0.309 e. The molecular formula is C7H11N3O3. The Morgan fingerprint density at radius 3 is 2.08 bits per heavy atom. The molecular weight excluding hydrogens is 174 g/mol. The number of amides is 4. The summed E-state index contributed by atoms with van der Waals surface area (Å²) in [4.78, 5) is 33.1. The van der Waals surface area contributed by atoms with Gasteiger partial charge in [0, 0.05) is 0 Å². The predicted molar refractivity (Wildman–Crippen MR) is 43.5 cm³/mol. The number of carbonyl (C=O) groups excluding carboxylic acids is 3. The molecule has 0 atom stereocenters. The van der Waals surface area contributed by atoms with Crippen molar-refractivity contribution in [1.82, 2.24) is 10.6 Å². The second kappa shape index (κ2) is 3.14. The molecule has 6 nitrogen and oxygen atoms in total. The van der Waals surface area contributed by atoms with Gasteiger partial charge in [0.1, 0.15) is 0 Å². The lowest BCUT2D eigenvalue weighted by Gasteiger charge is -2.29. The van der Waals surface area contributed by atoms with Crippen LogP contribution in [0.2, 0.25) is 0 Å². The maximum absolute atomic E-state index is 11.2. The minimum atomic E-state index is -1.59. The molecule has 1 fully saturated rings. The van der Waals surface area contributed by atoms with E-state index < -0.39 is 23.4 Å². The summed E-state index contributed by atoms with van der Waals surface area (Å²) in [6, 6.07) is -0.813. The van der Waals surface area contributed by atoms with E-state index in [-0.39, 0.29) is 6.42 Å². The number of carbonyl (C=O) groups is 3. The van der Waals surface area contributed by atoms with Crippen molar-refractivity contribution in [2.75, 3.05) is 0 Å². The highest BCUT2D eigenvalue weighted by molar-refractivity contribution is 6.22. The minimum Gasteiger partial charge on any atom is -0.309 e. The summed E-state index contributed by atoms with van der Waals surface area (Å²) in [6.07, 6.45) is 0.809. The largest absolute Gasteiger partial charge is 0.328 e. The number of hydrogen-bond acceptors (Lipinski definition) is 4. The zero-order valence-electron chi connectivity index (χ0n) is 7.22. The molecule has 1 aliphatic heterocycles. The van der Waals surface area contributed by atoms with E-state index in [0.717, 1.165) is 0 Å². The molecule has 0 unspecified atom stereocenters. The summed E-state index contributed by atoms with van der Waals surface area (Å²) in [6.45, 7) is 1.80. The monoisotopic (exact) mass is 185 g/mol. The molecule has 0 aromatic carbocycles. The number of rotatable bonds is 2. The second-order valence-electron chi connectivity index (χ2n) is 2.96. The molecule has 0 spiro atoms. The highest BCUT2D eigenvalue weighted by Gasteiger charge is 2.46. The number of imide groups is 2. The molecule has 1 saturated heterocycles. The summed E-state index contributed by atoms with van der Waals surface area (Å²) in [7, 11) is 0. The molecule has 1 aliphatic rings. The van der Waals surface area contributed by atoms with Crippen LogP contribution in [0.5, 0.6) is 0 Å². The normalized spacial score (nSPS) is 20.9. The standard InChI is InChI=1S/C7H11N3O3/c1-2-3-7(8)4(11)9-6(13)10-5(7)12/h2-3,8H2,1H3,(H2,9,10,11,12,13). The first-order valence-corrected chi connectivity index (χ1v) is 3.96. The van der Waals surface area contributed by atoms with Crippen molar-refractivity contribution in [2.45, 2.75) is 25.3 Å². The summed E-state index contributed by atoms with van der Waals surface area (Å²) in [5.74, 6) is -1.47. The molecule has 6 heteroatoms. The van der Waals surface area contributed by atoms with Gasteiger partial charge in [-0.05, 0) is 6.42 Å². The molecule has 72 valence electrons. The van der Waals surface area contributed by atoms with Gasteiger partial charge in [-0.2, -0.15) is 0 Å². The Labute approximate surface area is 74.8 Å². The third kappa shape index (κ3) is 1.52. The van der Waals surface area contributed by atoms with Gasteiger partial charge >= 0.3 is 6.03 Å². The Morgan fingerprint density at radius 2 is 1.69 bits per heavy atom. The molecule has 1 heterocycles. The Kier molecular flexibility index (Phi) is 2.33. The van der Waals surface area contributed by atoms with Gasteiger partial charge in [0.25, 0.3) is 11.8 Å². The molecule has 0 aromatic rings. The van der Waals surface area contributed by atoms with Gasteiger partial charge in [-0.3, -0.25) is 20.2 Å². The highest BCUT2D eigenvalue weighted by Crippen LogP contribution is 2.12. The molecule has 13 heavy (non-hydrogen) atoms. The van der Waals surface area contributed by atoms with Crippen molar-refractivity contribution in [2.24, 2.45) is 5.73 Å². The zero-order valence-corrected chi connectivity index (χ0v) is 7.22. The fourth-order valence-corrected chi connectivity index (χ4v) is 1.19. The number of nitrogens with one attached hydrogen (secondary N) is 2. The van der Waals surface area contributed by atoms with Crippen LogP contribution >= 0.6 is 0 Å². The number of barbiturate groups is 1. The summed E-state index contributed by atoms with van der Waals surface area (Å²) in [5, 5.41) is 3.90. The van der Waals surface area contributed by atoms with E-state index in [9.17, 15) is 14.4 Å².